The second-order valence-corrected chi connectivity index (χ2v) is 7.44. The van der Waals surface area contributed by atoms with Gasteiger partial charge < -0.3 is 10.8 Å². The maximum absolute atomic E-state index is 12.9. The fourth-order valence-electron chi connectivity index (χ4n) is 3.04. The topological polar surface area (TPSA) is 83.6 Å². The maximum Gasteiger partial charge on any atom is 0.243 e. The summed E-state index contributed by atoms with van der Waals surface area (Å²) in [6, 6.07) is 5.21. The molecule has 1 aromatic rings. The van der Waals surface area contributed by atoms with Crippen LogP contribution in [0.3, 0.4) is 0 Å². The lowest BCUT2D eigenvalue weighted by Crippen LogP contribution is -2.40. The van der Waals surface area contributed by atoms with Crippen LogP contribution in [0.2, 0.25) is 0 Å². The Kier molecular flexibility index (Phi) is 5.37. The molecule has 3 N–H and O–H groups in total. The van der Waals surface area contributed by atoms with Crippen molar-refractivity contribution in [2.24, 2.45) is 5.73 Å². The molecule has 1 aromatic carbocycles. The highest BCUT2D eigenvalue weighted by Gasteiger charge is 2.33. The van der Waals surface area contributed by atoms with Gasteiger partial charge in [0.1, 0.15) is 0 Å². The predicted octanol–water partition coefficient (Wildman–Crippen LogP) is 1.38. The van der Waals surface area contributed by atoms with E-state index >= 15 is 0 Å². The Morgan fingerprint density at radius 1 is 1.33 bits per heavy atom. The van der Waals surface area contributed by atoms with Crippen LogP contribution in [0, 0.1) is 6.92 Å². The van der Waals surface area contributed by atoms with Crippen LogP contribution in [0.5, 0.6) is 0 Å². The molecule has 0 unspecified atom stereocenters. The van der Waals surface area contributed by atoms with Crippen molar-refractivity contribution in [3.8, 4) is 0 Å². The molecule has 1 aliphatic rings. The van der Waals surface area contributed by atoms with Gasteiger partial charge in [-0.1, -0.05) is 25.0 Å². The van der Waals surface area contributed by atoms with E-state index in [0.717, 1.165) is 31.2 Å². The summed E-state index contributed by atoms with van der Waals surface area (Å²) >= 11 is 0. The van der Waals surface area contributed by atoms with E-state index in [-0.39, 0.29) is 19.2 Å². The Morgan fingerprint density at radius 3 is 2.52 bits per heavy atom. The number of sulfonamides is 1. The minimum Gasteiger partial charge on any atom is -0.395 e. The van der Waals surface area contributed by atoms with Crippen molar-refractivity contribution in [3.63, 3.8) is 0 Å². The van der Waals surface area contributed by atoms with Gasteiger partial charge in [0.2, 0.25) is 10.0 Å². The highest BCUT2D eigenvalue weighted by molar-refractivity contribution is 7.89. The van der Waals surface area contributed by atoms with Gasteiger partial charge in [-0.3, -0.25) is 0 Å². The minimum atomic E-state index is -3.57. The number of aliphatic hydroxyl groups is 1. The first kappa shape index (κ1) is 16.4. The molecular formula is C15H24N2O3S. The van der Waals surface area contributed by atoms with E-state index < -0.39 is 10.0 Å². The van der Waals surface area contributed by atoms with Gasteiger partial charge >= 0.3 is 0 Å². The number of rotatable bonds is 6. The molecule has 0 amide bonds. The van der Waals surface area contributed by atoms with Gasteiger partial charge in [-0.2, -0.15) is 4.31 Å². The number of nitrogens with zero attached hydrogens (tertiary/aromatic N) is 1. The Morgan fingerprint density at radius 2 is 2.00 bits per heavy atom. The molecule has 2 rings (SSSR count). The number of hydrogen-bond acceptors (Lipinski definition) is 4. The van der Waals surface area contributed by atoms with Crippen LogP contribution in [-0.4, -0.2) is 37.0 Å². The molecule has 118 valence electrons. The highest BCUT2D eigenvalue weighted by Crippen LogP contribution is 2.29. The average molecular weight is 312 g/mol. The Balaban J connectivity index is 2.37. The quantitative estimate of drug-likeness (QED) is 0.831. The second kappa shape index (κ2) is 6.87. The normalized spacial score (nSPS) is 16.8. The molecule has 21 heavy (non-hydrogen) atoms. The molecule has 5 nitrogen and oxygen atoms in total. The Hall–Kier alpha value is -0.950. The van der Waals surface area contributed by atoms with Crippen LogP contribution in [0.25, 0.3) is 0 Å². The number of hydrogen-bond donors (Lipinski definition) is 2. The van der Waals surface area contributed by atoms with Gasteiger partial charge in [-0.15, -0.1) is 0 Å². The van der Waals surface area contributed by atoms with E-state index in [1.807, 2.05) is 6.07 Å². The Labute approximate surface area is 126 Å². The van der Waals surface area contributed by atoms with Crippen molar-refractivity contribution < 1.29 is 13.5 Å². The average Bonchev–Trinajstić information content (AvgIpc) is 2.97. The van der Waals surface area contributed by atoms with Crippen molar-refractivity contribution >= 4 is 10.0 Å². The fourth-order valence-corrected chi connectivity index (χ4v) is 4.93. The first-order chi connectivity index (χ1) is 10.0. The number of aryl methyl sites for hydroxylation is 1. The summed E-state index contributed by atoms with van der Waals surface area (Å²) in [6.45, 7) is 2.18. The summed E-state index contributed by atoms with van der Waals surface area (Å²) in [6.07, 6.45) is 3.85. The first-order valence-electron chi connectivity index (χ1n) is 7.43. The lowest BCUT2D eigenvalue weighted by molar-refractivity contribution is 0.226. The summed E-state index contributed by atoms with van der Waals surface area (Å²) < 4.78 is 27.3. The number of aliphatic hydroxyl groups excluding tert-OH is 1. The van der Waals surface area contributed by atoms with Crippen molar-refractivity contribution in [2.45, 2.75) is 50.1 Å². The summed E-state index contributed by atoms with van der Waals surface area (Å²) in [5.41, 5.74) is 7.22. The molecule has 1 saturated carbocycles. The van der Waals surface area contributed by atoms with E-state index in [1.54, 1.807) is 19.1 Å². The Bertz CT molecular complexity index is 581. The fraction of sp³-hybridized carbons (Fsp3) is 0.600. The van der Waals surface area contributed by atoms with Crippen molar-refractivity contribution in [1.82, 2.24) is 4.31 Å². The first-order valence-corrected chi connectivity index (χ1v) is 8.87. The van der Waals surface area contributed by atoms with Crippen LogP contribution in [0.1, 0.15) is 36.8 Å². The smallest absolute Gasteiger partial charge is 0.243 e. The zero-order valence-corrected chi connectivity index (χ0v) is 13.3. The zero-order chi connectivity index (χ0) is 15.5. The van der Waals surface area contributed by atoms with Gasteiger partial charge in [0.25, 0.3) is 0 Å². The molecule has 0 atom stereocenters. The van der Waals surface area contributed by atoms with Crippen LogP contribution in [0.15, 0.2) is 23.1 Å². The SMILES string of the molecule is Cc1cc(CN)ccc1S(=O)(=O)N(CCO)C1CCCC1. The molecular weight excluding hydrogens is 288 g/mol. The minimum absolute atomic E-state index is 0.00994. The van der Waals surface area contributed by atoms with Crippen LogP contribution >= 0.6 is 0 Å². The molecule has 0 aromatic heterocycles. The summed E-state index contributed by atoms with van der Waals surface area (Å²) in [5, 5.41) is 9.24. The molecule has 0 spiro atoms. The lowest BCUT2D eigenvalue weighted by Gasteiger charge is -2.28. The van der Waals surface area contributed by atoms with Gasteiger partial charge in [-0.05, 0) is 37.0 Å². The second-order valence-electron chi connectivity index (χ2n) is 5.58. The van der Waals surface area contributed by atoms with Gasteiger partial charge in [0.15, 0.2) is 0 Å². The standard InChI is InChI=1S/C15H24N2O3S/c1-12-10-13(11-16)6-7-15(12)21(19,20)17(8-9-18)14-4-2-3-5-14/h6-7,10,14,18H,2-5,8-9,11,16H2,1H3. The predicted molar refractivity (Wildman–Crippen MR) is 82.3 cm³/mol. The molecule has 0 heterocycles. The van der Waals surface area contributed by atoms with E-state index in [2.05, 4.69) is 0 Å². The third kappa shape index (κ3) is 3.45. The van der Waals surface area contributed by atoms with Gasteiger partial charge in [0.05, 0.1) is 11.5 Å². The van der Waals surface area contributed by atoms with Gasteiger partial charge in [-0.25, -0.2) is 8.42 Å². The molecule has 1 aliphatic carbocycles. The maximum atomic E-state index is 12.9. The van der Waals surface area contributed by atoms with E-state index in [1.165, 1.54) is 4.31 Å². The van der Waals surface area contributed by atoms with E-state index in [4.69, 9.17) is 5.73 Å². The molecule has 0 aliphatic heterocycles. The van der Waals surface area contributed by atoms with E-state index in [0.29, 0.717) is 17.0 Å². The summed E-state index contributed by atoms with van der Waals surface area (Å²) in [5.74, 6) is 0. The van der Waals surface area contributed by atoms with Crippen molar-refractivity contribution in [2.75, 3.05) is 13.2 Å². The summed E-state index contributed by atoms with van der Waals surface area (Å²) in [4.78, 5) is 0.319. The number of benzene rings is 1. The van der Waals surface area contributed by atoms with Crippen LogP contribution < -0.4 is 5.73 Å². The summed E-state index contributed by atoms with van der Waals surface area (Å²) in [7, 11) is -3.57. The lowest BCUT2D eigenvalue weighted by atomic mass is 10.1. The largest absolute Gasteiger partial charge is 0.395 e. The van der Waals surface area contributed by atoms with Crippen LogP contribution in [-0.2, 0) is 16.6 Å². The molecule has 0 radical (unpaired) electrons. The number of nitrogens with two attached hydrogens (primary N) is 1. The monoisotopic (exact) mass is 312 g/mol. The van der Waals surface area contributed by atoms with Crippen molar-refractivity contribution in [1.29, 1.82) is 0 Å². The zero-order valence-electron chi connectivity index (χ0n) is 12.5. The van der Waals surface area contributed by atoms with Crippen molar-refractivity contribution in [3.05, 3.63) is 29.3 Å². The molecule has 6 heteroatoms. The third-order valence-electron chi connectivity index (χ3n) is 4.11. The highest BCUT2D eigenvalue weighted by atomic mass is 32.2. The van der Waals surface area contributed by atoms with E-state index in [9.17, 15) is 13.5 Å². The molecule has 0 saturated heterocycles. The van der Waals surface area contributed by atoms with Gasteiger partial charge in [0, 0.05) is 19.1 Å². The molecule has 0 bridgehead atoms. The third-order valence-corrected chi connectivity index (χ3v) is 6.23. The van der Waals surface area contributed by atoms with Crippen LogP contribution in [0.4, 0.5) is 0 Å². The molecule has 1 fully saturated rings.